The molecule has 3 N–H and O–H groups in total. The number of nitrogens with zero attached hydrogens (tertiary/aromatic N) is 2. The van der Waals surface area contributed by atoms with E-state index in [0.717, 1.165) is 5.56 Å². The molecule has 1 aromatic heterocycles. The van der Waals surface area contributed by atoms with Crippen molar-refractivity contribution in [2.45, 2.75) is 13.5 Å². The molecule has 1 aromatic carbocycles. The number of carbonyl (C=O) groups excluding carboxylic acids is 3. The summed E-state index contributed by atoms with van der Waals surface area (Å²) in [7, 11) is 1.68. The molecular formula is C17H20N4O4S. The SMILES string of the molecule is Cc1cc(NC(=O)CSCC(=O)N(C)Cc2ccc(C(N)=O)cc2)no1. The maximum atomic E-state index is 12.1. The van der Waals surface area contributed by atoms with Crippen molar-refractivity contribution < 1.29 is 18.9 Å². The third kappa shape index (κ3) is 5.92. The number of nitrogens with two attached hydrogens (primary N) is 1. The Labute approximate surface area is 155 Å². The van der Waals surface area contributed by atoms with E-state index in [2.05, 4.69) is 10.5 Å². The molecule has 2 rings (SSSR count). The molecule has 9 heteroatoms. The largest absolute Gasteiger partial charge is 0.366 e. The number of aromatic nitrogens is 1. The molecule has 0 saturated heterocycles. The summed E-state index contributed by atoms with van der Waals surface area (Å²) in [5.41, 5.74) is 6.50. The van der Waals surface area contributed by atoms with Crippen LogP contribution in [-0.2, 0) is 16.1 Å². The van der Waals surface area contributed by atoms with Gasteiger partial charge in [-0.05, 0) is 24.6 Å². The van der Waals surface area contributed by atoms with Crippen LogP contribution in [0.4, 0.5) is 5.82 Å². The Morgan fingerprint density at radius 3 is 2.50 bits per heavy atom. The lowest BCUT2D eigenvalue weighted by atomic mass is 10.1. The fourth-order valence-corrected chi connectivity index (χ4v) is 2.84. The number of amides is 3. The molecule has 0 unspecified atom stereocenters. The first kappa shape index (κ1) is 19.5. The van der Waals surface area contributed by atoms with Crippen molar-refractivity contribution in [2.75, 3.05) is 23.9 Å². The quantitative estimate of drug-likeness (QED) is 0.719. The third-order valence-corrected chi connectivity index (χ3v) is 4.36. The van der Waals surface area contributed by atoms with Crippen molar-refractivity contribution in [3.8, 4) is 0 Å². The van der Waals surface area contributed by atoms with Gasteiger partial charge in [-0.3, -0.25) is 14.4 Å². The number of rotatable bonds is 8. The highest BCUT2D eigenvalue weighted by Crippen LogP contribution is 2.10. The number of carbonyl (C=O) groups is 3. The Bertz CT molecular complexity index is 788. The molecule has 2 aromatic rings. The van der Waals surface area contributed by atoms with E-state index in [9.17, 15) is 14.4 Å². The van der Waals surface area contributed by atoms with E-state index in [1.54, 1.807) is 49.2 Å². The van der Waals surface area contributed by atoms with E-state index in [4.69, 9.17) is 10.3 Å². The second-order valence-corrected chi connectivity index (χ2v) is 6.66. The Kier molecular flexibility index (Phi) is 6.79. The number of hydrogen-bond donors (Lipinski definition) is 2. The third-order valence-electron chi connectivity index (χ3n) is 3.44. The Hall–Kier alpha value is -2.81. The van der Waals surface area contributed by atoms with Crippen LogP contribution in [0.2, 0.25) is 0 Å². The fourth-order valence-electron chi connectivity index (χ4n) is 2.08. The van der Waals surface area contributed by atoms with Gasteiger partial charge >= 0.3 is 0 Å². The van der Waals surface area contributed by atoms with Gasteiger partial charge in [0.1, 0.15) is 5.76 Å². The lowest BCUT2D eigenvalue weighted by molar-refractivity contribution is -0.127. The molecule has 138 valence electrons. The van der Waals surface area contributed by atoms with Crippen molar-refractivity contribution in [1.82, 2.24) is 10.1 Å². The van der Waals surface area contributed by atoms with Crippen molar-refractivity contribution >= 4 is 35.3 Å². The molecule has 26 heavy (non-hydrogen) atoms. The van der Waals surface area contributed by atoms with Gasteiger partial charge in [-0.15, -0.1) is 11.8 Å². The Morgan fingerprint density at radius 2 is 1.92 bits per heavy atom. The standard InChI is InChI=1S/C17H20N4O4S/c1-11-7-14(20-25-11)19-15(22)9-26-10-16(23)21(2)8-12-3-5-13(6-4-12)17(18)24/h3-7H,8-10H2,1-2H3,(H2,18,24)(H,19,20,22). The summed E-state index contributed by atoms with van der Waals surface area (Å²) < 4.78 is 4.86. The molecule has 0 radical (unpaired) electrons. The highest BCUT2D eigenvalue weighted by molar-refractivity contribution is 8.00. The number of nitrogens with one attached hydrogen (secondary N) is 1. The lowest BCUT2D eigenvalue weighted by Gasteiger charge is -2.17. The summed E-state index contributed by atoms with van der Waals surface area (Å²) in [6.07, 6.45) is 0. The fraction of sp³-hybridized carbons (Fsp3) is 0.294. The van der Waals surface area contributed by atoms with Crippen molar-refractivity contribution in [1.29, 1.82) is 0 Å². The lowest BCUT2D eigenvalue weighted by Crippen LogP contribution is -2.28. The van der Waals surface area contributed by atoms with Crippen LogP contribution in [-0.4, -0.2) is 46.3 Å². The van der Waals surface area contributed by atoms with Gasteiger partial charge in [0, 0.05) is 25.2 Å². The van der Waals surface area contributed by atoms with E-state index in [0.29, 0.717) is 23.7 Å². The van der Waals surface area contributed by atoms with Gasteiger partial charge in [-0.25, -0.2) is 0 Å². The van der Waals surface area contributed by atoms with Gasteiger partial charge in [0.25, 0.3) is 0 Å². The maximum absolute atomic E-state index is 12.1. The molecule has 0 atom stereocenters. The van der Waals surface area contributed by atoms with Crippen LogP contribution in [0.25, 0.3) is 0 Å². The van der Waals surface area contributed by atoms with Gasteiger partial charge in [-0.2, -0.15) is 0 Å². The number of anilines is 1. The number of benzene rings is 1. The number of thioether (sulfide) groups is 1. The van der Waals surface area contributed by atoms with Crippen LogP contribution in [0.5, 0.6) is 0 Å². The molecule has 1 heterocycles. The minimum atomic E-state index is -0.489. The van der Waals surface area contributed by atoms with E-state index < -0.39 is 5.91 Å². The average Bonchev–Trinajstić information content (AvgIpc) is 2.99. The van der Waals surface area contributed by atoms with Gasteiger partial charge in [-0.1, -0.05) is 17.3 Å². The number of aryl methyl sites for hydroxylation is 1. The normalized spacial score (nSPS) is 10.4. The second kappa shape index (κ2) is 9.04. The van der Waals surface area contributed by atoms with Crippen LogP contribution in [0.15, 0.2) is 34.9 Å². The summed E-state index contributed by atoms with van der Waals surface area (Å²) in [4.78, 5) is 36.5. The predicted molar refractivity (Wildman–Crippen MR) is 98.6 cm³/mol. The summed E-state index contributed by atoms with van der Waals surface area (Å²) in [5, 5.41) is 6.26. The van der Waals surface area contributed by atoms with Crippen LogP contribution in [0.1, 0.15) is 21.7 Å². The second-order valence-electron chi connectivity index (χ2n) is 5.67. The summed E-state index contributed by atoms with van der Waals surface area (Å²) in [6, 6.07) is 8.38. The molecule has 0 bridgehead atoms. The molecule has 0 spiro atoms. The molecule has 0 aliphatic rings. The highest BCUT2D eigenvalue weighted by Gasteiger charge is 2.12. The zero-order chi connectivity index (χ0) is 19.1. The van der Waals surface area contributed by atoms with E-state index in [1.807, 2.05) is 0 Å². The summed E-state index contributed by atoms with van der Waals surface area (Å²) in [5.74, 6) is 0.445. The van der Waals surface area contributed by atoms with Gasteiger partial charge < -0.3 is 20.5 Å². The average molecular weight is 376 g/mol. The first-order chi connectivity index (χ1) is 12.3. The number of primary amides is 1. The van der Waals surface area contributed by atoms with Gasteiger partial charge in [0.2, 0.25) is 17.7 Å². The van der Waals surface area contributed by atoms with Gasteiger partial charge in [0.05, 0.1) is 11.5 Å². The van der Waals surface area contributed by atoms with Crippen LogP contribution in [0, 0.1) is 6.92 Å². The molecule has 3 amide bonds. The topological polar surface area (TPSA) is 119 Å². The minimum Gasteiger partial charge on any atom is -0.366 e. The van der Waals surface area contributed by atoms with Gasteiger partial charge in [0.15, 0.2) is 5.82 Å². The zero-order valence-corrected chi connectivity index (χ0v) is 15.3. The first-order valence-electron chi connectivity index (χ1n) is 7.79. The number of hydrogen-bond acceptors (Lipinski definition) is 6. The monoisotopic (exact) mass is 376 g/mol. The van der Waals surface area contributed by atoms with Crippen LogP contribution in [0.3, 0.4) is 0 Å². The molecule has 0 aliphatic carbocycles. The first-order valence-corrected chi connectivity index (χ1v) is 8.94. The zero-order valence-electron chi connectivity index (χ0n) is 14.5. The molecular weight excluding hydrogens is 356 g/mol. The van der Waals surface area contributed by atoms with Crippen LogP contribution >= 0.6 is 11.8 Å². The Morgan fingerprint density at radius 1 is 1.23 bits per heavy atom. The van der Waals surface area contributed by atoms with Crippen LogP contribution < -0.4 is 11.1 Å². The van der Waals surface area contributed by atoms with E-state index >= 15 is 0 Å². The van der Waals surface area contributed by atoms with E-state index in [1.165, 1.54) is 11.8 Å². The maximum Gasteiger partial charge on any atom is 0.248 e. The summed E-state index contributed by atoms with van der Waals surface area (Å²) >= 11 is 1.22. The smallest absolute Gasteiger partial charge is 0.248 e. The van der Waals surface area contributed by atoms with Crippen molar-refractivity contribution in [3.05, 3.63) is 47.2 Å². The predicted octanol–water partition coefficient (Wildman–Crippen LogP) is 1.41. The highest BCUT2D eigenvalue weighted by atomic mass is 32.2. The summed E-state index contributed by atoms with van der Waals surface area (Å²) in [6.45, 7) is 2.14. The molecule has 0 aliphatic heterocycles. The van der Waals surface area contributed by atoms with E-state index in [-0.39, 0.29) is 23.3 Å². The molecule has 0 fully saturated rings. The van der Waals surface area contributed by atoms with Crippen molar-refractivity contribution in [3.63, 3.8) is 0 Å². The Balaban J connectivity index is 1.72. The minimum absolute atomic E-state index is 0.0981. The molecule has 0 saturated carbocycles. The van der Waals surface area contributed by atoms with Crippen molar-refractivity contribution in [2.24, 2.45) is 5.73 Å². The molecule has 8 nitrogen and oxygen atoms in total.